The van der Waals surface area contributed by atoms with Crippen molar-refractivity contribution in [3.8, 4) is 0 Å². The van der Waals surface area contributed by atoms with Crippen LogP contribution in [0.5, 0.6) is 0 Å². The van der Waals surface area contributed by atoms with E-state index in [0.29, 0.717) is 0 Å². The highest BCUT2D eigenvalue weighted by atomic mass is 35.5. The molecule has 1 N–H and O–H groups in total. The Hall–Kier alpha value is -1.27. The van der Waals surface area contributed by atoms with Gasteiger partial charge in [-0.15, -0.1) is 0 Å². The smallest absolute Gasteiger partial charge is 0.258 e. The van der Waals surface area contributed by atoms with E-state index < -0.39 is 16.2 Å². The van der Waals surface area contributed by atoms with Gasteiger partial charge in [-0.3, -0.25) is 4.79 Å². The van der Waals surface area contributed by atoms with Gasteiger partial charge < -0.3 is 9.88 Å². The average molecular weight is 249 g/mol. The first kappa shape index (κ1) is 11.8. The minimum atomic E-state index is -2.53. The maximum Gasteiger partial charge on any atom is 0.258 e. The van der Waals surface area contributed by atoms with E-state index >= 15 is 0 Å². The summed E-state index contributed by atoms with van der Waals surface area (Å²) in [5, 5.41) is 0.103. The quantitative estimate of drug-likeness (QED) is 0.747. The second kappa shape index (κ2) is 4.50. The molecule has 0 aliphatic carbocycles. The fourth-order valence-corrected chi connectivity index (χ4v) is 1.83. The Bertz CT molecular complexity index is 551. The van der Waals surface area contributed by atoms with Gasteiger partial charge in [0.15, 0.2) is 4.64 Å². The van der Waals surface area contributed by atoms with Crippen LogP contribution in [0.3, 0.4) is 0 Å². The molecule has 82 valence electrons. The molecule has 5 nitrogen and oxygen atoms in total. The normalized spacial score (nSPS) is 9.80. The van der Waals surface area contributed by atoms with Crippen LogP contribution in [-0.2, 0) is 10.3 Å². The zero-order valence-electron chi connectivity index (χ0n) is 8.11. The van der Waals surface area contributed by atoms with E-state index in [2.05, 4.69) is 4.98 Å². The summed E-state index contributed by atoms with van der Waals surface area (Å²) in [7, 11) is 0.509. The predicted octanol–water partition coefficient (Wildman–Crippen LogP) is 0.781. The third-order valence-electron chi connectivity index (χ3n) is 1.70. The Kier molecular flexibility index (Phi) is 3.54. The molecule has 0 aliphatic heterocycles. The monoisotopic (exact) mass is 248 g/mol. The molecule has 0 aliphatic rings. The number of halogens is 1. The van der Waals surface area contributed by atoms with Crippen LogP contribution in [0.15, 0.2) is 12.3 Å². The lowest BCUT2D eigenvalue weighted by atomic mass is 10.2. The number of aromatic nitrogens is 1. The molecule has 1 rings (SSSR count). The average Bonchev–Trinajstić information content (AvgIpc) is 2.16. The fourth-order valence-electron chi connectivity index (χ4n) is 1.01. The van der Waals surface area contributed by atoms with Crippen molar-refractivity contribution in [2.45, 2.75) is 0 Å². The van der Waals surface area contributed by atoms with E-state index in [1.165, 1.54) is 31.3 Å². The summed E-state index contributed by atoms with van der Waals surface area (Å²) in [6, 6.07) is 1.43. The number of H-pyrrole nitrogens is 1. The highest BCUT2D eigenvalue weighted by Gasteiger charge is 2.15. The minimum absolute atomic E-state index is 0.0440. The molecule has 0 saturated carbocycles. The van der Waals surface area contributed by atoms with Crippen molar-refractivity contribution in [2.75, 3.05) is 14.1 Å². The third kappa shape index (κ3) is 2.40. The van der Waals surface area contributed by atoms with E-state index in [-0.39, 0.29) is 15.2 Å². The van der Waals surface area contributed by atoms with Gasteiger partial charge in [0.1, 0.15) is 0 Å². The third-order valence-corrected chi connectivity index (χ3v) is 2.67. The van der Waals surface area contributed by atoms with Gasteiger partial charge in [-0.25, -0.2) is 0 Å². The Morgan fingerprint density at radius 2 is 2.07 bits per heavy atom. The summed E-state index contributed by atoms with van der Waals surface area (Å²) in [5.41, 5.74) is -0.0440. The second-order valence-corrected chi connectivity index (χ2v) is 4.25. The molecule has 1 aromatic rings. The topological polar surface area (TPSA) is 70.2 Å². The van der Waals surface area contributed by atoms with Crippen molar-refractivity contribution in [2.24, 2.45) is 0 Å². The van der Waals surface area contributed by atoms with Crippen LogP contribution < -0.4 is 0 Å². The molecule has 0 aromatic carbocycles. The largest absolute Gasteiger partial charge is 0.348 e. The van der Waals surface area contributed by atoms with Gasteiger partial charge >= 0.3 is 0 Å². The number of pyridine rings is 1. The minimum Gasteiger partial charge on any atom is -0.348 e. The second-order valence-electron chi connectivity index (χ2n) is 2.96. The molecule has 1 amide bonds. The number of nitrogens with zero attached hydrogens (tertiary/aromatic N) is 1. The standard InChI is InChI=1S/C8H9ClN2O3S/c1-11(2)8(12)6-5(9)3-4-10-7(6)15(13)14/h3-4,10H,1-2H3. The lowest BCUT2D eigenvalue weighted by molar-refractivity contribution is 0.0826. The number of nitrogens with one attached hydrogen (secondary N) is 1. The molecule has 1 heterocycles. The van der Waals surface area contributed by atoms with Gasteiger partial charge in [-0.1, -0.05) is 11.6 Å². The number of carbonyl (C=O) groups excluding carboxylic acids is 1. The first-order chi connectivity index (χ1) is 6.95. The Balaban J connectivity index is 3.69. The van der Waals surface area contributed by atoms with Gasteiger partial charge in [-0.2, -0.15) is 8.42 Å². The predicted molar refractivity (Wildman–Crippen MR) is 56.0 cm³/mol. The lowest BCUT2D eigenvalue weighted by Crippen LogP contribution is -2.23. The van der Waals surface area contributed by atoms with Crippen LogP contribution in [0.25, 0.3) is 0 Å². The zero-order valence-corrected chi connectivity index (χ0v) is 9.69. The van der Waals surface area contributed by atoms with Crippen LogP contribution in [0.4, 0.5) is 0 Å². The molecule has 15 heavy (non-hydrogen) atoms. The van der Waals surface area contributed by atoms with Crippen LogP contribution in [0, 0.1) is 4.64 Å². The van der Waals surface area contributed by atoms with Gasteiger partial charge in [0, 0.05) is 20.3 Å². The molecule has 0 radical (unpaired) electrons. The molecule has 0 atom stereocenters. The molecule has 0 bridgehead atoms. The summed E-state index contributed by atoms with van der Waals surface area (Å²) < 4.78 is 21.5. The highest BCUT2D eigenvalue weighted by molar-refractivity contribution is 7.63. The fraction of sp³-hybridized carbons (Fsp3) is 0.250. The number of hydrogen-bond acceptors (Lipinski definition) is 3. The highest BCUT2D eigenvalue weighted by Crippen LogP contribution is 2.15. The Morgan fingerprint density at radius 3 is 2.53 bits per heavy atom. The summed E-state index contributed by atoms with van der Waals surface area (Å²) in [6.45, 7) is 0. The lowest BCUT2D eigenvalue weighted by Gasteiger charge is -2.10. The molecule has 1 aromatic heterocycles. The molecule has 0 saturated heterocycles. The van der Waals surface area contributed by atoms with Crippen molar-refractivity contribution in [3.63, 3.8) is 0 Å². The van der Waals surface area contributed by atoms with E-state index in [1.54, 1.807) is 0 Å². The van der Waals surface area contributed by atoms with Crippen LogP contribution in [0.2, 0.25) is 5.02 Å². The van der Waals surface area contributed by atoms with Crippen molar-refractivity contribution in [1.82, 2.24) is 9.88 Å². The number of aromatic amines is 1. The molecule has 7 heteroatoms. The summed E-state index contributed by atoms with van der Waals surface area (Å²) in [6.07, 6.45) is 1.36. The number of rotatable bonds is 1. The SMILES string of the molecule is CN(C)C(=O)c1c(Cl)cc[nH]c1=S(=O)=O. The van der Waals surface area contributed by atoms with Gasteiger partial charge in [-0.05, 0) is 6.07 Å². The number of carbonyl (C=O) groups is 1. The van der Waals surface area contributed by atoms with Gasteiger partial charge in [0.2, 0.25) is 10.3 Å². The molecule has 0 fully saturated rings. The number of amides is 1. The number of hydrogen-bond donors (Lipinski definition) is 1. The van der Waals surface area contributed by atoms with Crippen LogP contribution in [0.1, 0.15) is 10.4 Å². The van der Waals surface area contributed by atoms with Crippen LogP contribution >= 0.6 is 11.6 Å². The van der Waals surface area contributed by atoms with E-state index in [0.717, 1.165) is 0 Å². The van der Waals surface area contributed by atoms with Crippen LogP contribution in [-0.4, -0.2) is 38.3 Å². The summed E-state index contributed by atoms with van der Waals surface area (Å²) in [5.74, 6) is -0.462. The van der Waals surface area contributed by atoms with Crippen molar-refractivity contribution in [1.29, 1.82) is 0 Å². The molecule has 0 unspecified atom stereocenters. The molecule has 0 spiro atoms. The maximum atomic E-state index is 11.6. The Labute approximate surface area is 92.8 Å². The summed E-state index contributed by atoms with van der Waals surface area (Å²) >= 11 is 5.77. The van der Waals surface area contributed by atoms with Crippen molar-refractivity contribution in [3.05, 3.63) is 27.5 Å². The maximum absolute atomic E-state index is 11.6. The molecular weight excluding hydrogens is 240 g/mol. The van der Waals surface area contributed by atoms with Crippen molar-refractivity contribution >= 4 is 27.8 Å². The van der Waals surface area contributed by atoms with Gasteiger partial charge in [0.05, 0.1) is 10.6 Å². The van der Waals surface area contributed by atoms with Gasteiger partial charge in [0.25, 0.3) is 5.91 Å². The first-order valence-corrected chi connectivity index (χ1v) is 5.41. The first-order valence-electron chi connectivity index (χ1n) is 3.96. The summed E-state index contributed by atoms with van der Waals surface area (Å²) in [4.78, 5) is 15.4. The van der Waals surface area contributed by atoms with Crippen molar-refractivity contribution < 1.29 is 13.2 Å². The zero-order chi connectivity index (χ0) is 11.6. The molecular formula is C8H9ClN2O3S. The van der Waals surface area contributed by atoms with E-state index in [1.807, 2.05) is 0 Å². The van der Waals surface area contributed by atoms with E-state index in [4.69, 9.17) is 11.6 Å². The van der Waals surface area contributed by atoms with E-state index in [9.17, 15) is 13.2 Å². The Morgan fingerprint density at radius 1 is 1.47 bits per heavy atom.